The van der Waals surface area contributed by atoms with Crippen molar-refractivity contribution in [3.05, 3.63) is 111 Å². The van der Waals surface area contributed by atoms with Crippen molar-refractivity contribution in [3.8, 4) is 23.0 Å². The normalized spacial score (nSPS) is 14.2. The van der Waals surface area contributed by atoms with Crippen LogP contribution < -0.4 is 33.8 Å². The average molecular weight is 805 g/mol. The fraction of sp³-hybridized carbons (Fsp3) is 0.242. The summed E-state index contributed by atoms with van der Waals surface area (Å²) in [6.07, 6.45) is 3.23. The number of nitrogens with zero attached hydrogens (tertiary/aromatic N) is 2. The maximum atomic E-state index is 14.2. The van der Waals surface area contributed by atoms with E-state index < -0.39 is 12.0 Å². The van der Waals surface area contributed by atoms with E-state index in [-0.39, 0.29) is 11.1 Å². The molecule has 0 spiro atoms. The van der Waals surface area contributed by atoms with Crippen LogP contribution in [0.2, 0.25) is 0 Å². The lowest BCUT2D eigenvalue weighted by Gasteiger charge is -2.23. The van der Waals surface area contributed by atoms with Crippen LogP contribution in [0.15, 0.2) is 80.6 Å². The molecule has 0 amide bonds. The molecule has 0 aliphatic carbocycles. The lowest BCUT2D eigenvalue weighted by atomic mass is 9.97. The van der Waals surface area contributed by atoms with Gasteiger partial charge in [-0.15, -0.1) is 0 Å². The van der Waals surface area contributed by atoms with Crippen LogP contribution in [0.25, 0.3) is 6.08 Å². The number of carbonyl (C=O) groups excluding carboxylic acids is 1. The van der Waals surface area contributed by atoms with Crippen LogP contribution in [0, 0.1) is 3.57 Å². The van der Waals surface area contributed by atoms with E-state index in [0.717, 1.165) is 13.6 Å². The molecule has 0 saturated heterocycles. The van der Waals surface area contributed by atoms with Crippen molar-refractivity contribution in [2.24, 2.45) is 4.99 Å². The van der Waals surface area contributed by atoms with E-state index in [2.05, 4.69) is 43.5 Å². The molecule has 234 valence electrons. The minimum absolute atomic E-state index is 0.220. The van der Waals surface area contributed by atoms with Gasteiger partial charge < -0.3 is 23.7 Å². The van der Waals surface area contributed by atoms with Gasteiger partial charge in [0.1, 0.15) is 6.61 Å². The molecule has 0 saturated carbocycles. The van der Waals surface area contributed by atoms with Crippen molar-refractivity contribution < 1.29 is 28.5 Å². The Morgan fingerprint density at radius 3 is 2.42 bits per heavy atom. The molecule has 1 aromatic heterocycles. The van der Waals surface area contributed by atoms with Crippen LogP contribution in [-0.2, 0) is 16.1 Å². The van der Waals surface area contributed by atoms with Crippen molar-refractivity contribution >= 4 is 61.9 Å². The van der Waals surface area contributed by atoms with Gasteiger partial charge in [0.05, 0.1) is 43.6 Å². The summed E-state index contributed by atoms with van der Waals surface area (Å²) in [5.74, 6) is 1.55. The summed E-state index contributed by atoms with van der Waals surface area (Å²) in [4.78, 5) is 32.0. The first-order valence-electron chi connectivity index (χ1n) is 14.0. The second-order valence-corrected chi connectivity index (χ2v) is 12.9. The molecule has 45 heavy (non-hydrogen) atoms. The fourth-order valence-electron chi connectivity index (χ4n) is 4.87. The molecular weight excluding hydrogens is 775 g/mol. The van der Waals surface area contributed by atoms with Crippen molar-refractivity contribution in [2.45, 2.75) is 26.5 Å². The van der Waals surface area contributed by atoms with E-state index >= 15 is 0 Å². The second-order valence-electron chi connectivity index (χ2n) is 9.69. The van der Waals surface area contributed by atoms with E-state index in [1.807, 2.05) is 56.3 Å². The van der Waals surface area contributed by atoms with Crippen LogP contribution in [0.5, 0.6) is 23.0 Å². The highest BCUT2D eigenvalue weighted by molar-refractivity contribution is 14.1. The second kappa shape index (κ2) is 14.6. The summed E-state index contributed by atoms with van der Waals surface area (Å²) in [6, 6.07) is 16.2. The van der Waals surface area contributed by atoms with Gasteiger partial charge in [0.15, 0.2) is 27.8 Å². The number of benzene rings is 3. The van der Waals surface area contributed by atoms with Crippen LogP contribution in [0.3, 0.4) is 0 Å². The van der Waals surface area contributed by atoms with E-state index in [1.165, 1.54) is 29.2 Å². The zero-order valence-electron chi connectivity index (χ0n) is 25.0. The van der Waals surface area contributed by atoms with Crippen molar-refractivity contribution in [1.82, 2.24) is 4.57 Å². The summed E-state index contributed by atoms with van der Waals surface area (Å²) < 4.78 is 32.4. The number of methoxy groups -OCH3 is 2. The highest BCUT2D eigenvalue weighted by Gasteiger charge is 2.31. The third kappa shape index (κ3) is 7.12. The molecule has 0 radical (unpaired) electrons. The highest BCUT2D eigenvalue weighted by Crippen LogP contribution is 2.36. The molecule has 1 aliphatic rings. The highest BCUT2D eigenvalue weighted by atomic mass is 127. The van der Waals surface area contributed by atoms with E-state index in [4.69, 9.17) is 23.7 Å². The van der Waals surface area contributed by atoms with Crippen LogP contribution in [0.4, 0.5) is 0 Å². The Balaban J connectivity index is 1.64. The smallest absolute Gasteiger partial charge is 0.337 e. The number of hydrogen-bond acceptors (Lipinski definition) is 9. The van der Waals surface area contributed by atoms with Gasteiger partial charge in [-0.25, -0.2) is 9.79 Å². The van der Waals surface area contributed by atoms with Gasteiger partial charge in [-0.3, -0.25) is 9.36 Å². The molecule has 9 nitrogen and oxygen atoms in total. The molecule has 0 fully saturated rings. The molecule has 5 rings (SSSR count). The summed E-state index contributed by atoms with van der Waals surface area (Å²) in [6.45, 7) is 4.94. The zero-order chi connectivity index (χ0) is 32.1. The number of esters is 1. The van der Waals surface area contributed by atoms with Gasteiger partial charge >= 0.3 is 5.97 Å². The lowest BCUT2D eigenvalue weighted by molar-refractivity contribution is -0.136. The number of hydrogen-bond donors (Lipinski definition) is 0. The Hall–Kier alpha value is -3.62. The molecule has 0 bridgehead atoms. The summed E-state index contributed by atoms with van der Waals surface area (Å²) >= 11 is 6.88. The molecule has 0 N–H and O–H groups in total. The van der Waals surface area contributed by atoms with E-state index in [0.29, 0.717) is 63.3 Å². The first kappa shape index (κ1) is 32.8. The van der Waals surface area contributed by atoms with Gasteiger partial charge in [0.2, 0.25) is 0 Å². The van der Waals surface area contributed by atoms with Crippen LogP contribution >= 0.6 is 49.9 Å². The maximum absolute atomic E-state index is 14.2. The Kier molecular flexibility index (Phi) is 10.7. The Bertz CT molecular complexity index is 1940. The van der Waals surface area contributed by atoms with Gasteiger partial charge in [0.25, 0.3) is 5.56 Å². The molecule has 12 heteroatoms. The van der Waals surface area contributed by atoms with Crippen molar-refractivity contribution in [1.29, 1.82) is 0 Å². The lowest BCUT2D eigenvalue weighted by Crippen LogP contribution is -2.39. The minimum Gasteiger partial charge on any atom is -0.493 e. The van der Waals surface area contributed by atoms with Crippen molar-refractivity contribution in [2.75, 3.05) is 27.4 Å². The summed E-state index contributed by atoms with van der Waals surface area (Å²) in [5.41, 5.74) is 2.20. The first-order valence-corrected chi connectivity index (χ1v) is 16.7. The van der Waals surface area contributed by atoms with E-state index in [1.54, 1.807) is 25.3 Å². The fourth-order valence-corrected chi connectivity index (χ4v) is 6.71. The molecule has 2 heterocycles. The summed E-state index contributed by atoms with van der Waals surface area (Å²) in [7, 11) is 2.88. The summed E-state index contributed by atoms with van der Waals surface area (Å²) in [5, 5.41) is 0. The number of ether oxygens (including phenoxy) is 5. The standard InChI is InChI=1S/C33H30BrIN2O7S/c1-5-42-25-12-9-20(14-26(25)43-6-2)29-24(32(39)41-4)17-36-33-37(29)31(38)28(45-33)15-21-13-23(35)16-27(40-3)30(21)44-18-19-7-10-22(34)11-8-19/h7-17,29H,5-6,18H2,1-4H3/b28-15+/t29-/m1/s1. The number of thiazole rings is 1. The Labute approximate surface area is 286 Å². The van der Waals surface area contributed by atoms with Crippen LogP contribution in [0.1, 0.15) is 36.6 Å². The minimum atomic E-state index is -0.802. The van der Waals surface area contributed by atoms with Gasteiger partial charge in [-0.05, 0) is 90.0 Å². The zero-order valence-corrected chi connectivity index (χ0v) is 29.5. The van der Waals surface area contributed by atoms with Gasteiger partial charge in [0, 0.05) is 19.8 Å². The predicted octanol–water partition coefficient (Wildman–Crippen LogP) is 5.77. The molecular formula is C33H30BrIN2O7S. The predicted molar refractivity (Wildman–Crippen MR) is 184 cm³/mol. The maximum Gasteiger partial charge on any atom is 0.337 e. The SMILES string of the molecule is CCOc1ccc([C@@H]2C(C(=O)OC)=CN=c3s/c(=C/c4cc(I)cc(OC)c4OCc4ccc(Br)cc4)c(=O)n32)cc1OCC. The van der Waals surface area contributed by atoms with E-state index in [9.17, 15) is 9.59 Å². The average Bonchev–Trinajstić information content (AvgIpc) is 3.35. The Morgan fingerprint density at radius 1 is 1.00 bits per heavy atom. The number of fused-ring (bicyclic) bond motifs is 1. The molecule has 4 aromatic rings. The third-order valence-electron chi connectivity index (χ3n) is 6.86. The quantitative estimate of drug-likeness (QED) is 0.140. The molecule has 0 unspecified atom stereocenters. The monoisotopic (exact) mass is 804 g/mol. The van der Waals surface area contributed by atoms with Gasteiger partial charge in [-0.1, -0.05) is 45.5 Å². The van der Waals surface area contributed by atoms with Gasteiger partial charge in [-0.2, -0.15) is 0 Å². The first-order chi connectivity index (χ1) is 21.8. The molecule has 3 aromatic carbocycles. The number of carbonyl (C=O) groups is 1. The Morgan fingerprint density at radius 2 is 1.73 bits per heavy atom. The number of aromatic nitrogens is 1. The number of halogens is 2. The number of rotatable bonds is 11. The molecule has 1 atom stereocenters. The molecule has 1 aliphatic heterocycles. The largest absolute Gasteiger partial charge is 0.493 e. The van der Waals surface area contributed by atoms with Crippen LogP contribution in [-0.4, -0.2) is 38.0 Å². The topological polar surface area (TPSA) is 97.6 Å². The van der Waals surface area contributed by atoms with Crippen molar-refractivity contribution in [3.63, 3.8) is 0 Å². The third-order valence-corrected chi connectivity index (χ3v) is 9.01.